The van der Waals surface area contributed by atoms with Crippen LogP contribution in [0.3, 0.4) is 0 Å². The van der Waals surface area contributed by atoms with E-state index in [0.29, 0.717) is 19.7 Å². The van der Waals surface area contributed by atoms with Crippen molar-refractivity contribution in [1.29, 1.82) is 0 Å². The number of hydrogen-bond acceptors (Lipinski definition) is 4. The predicted molar refractivity (Wildman–Crippen MR) is 143 cm³/mol. The highest BCUT2D eigenvalue weighted by Crippen LogP contribution is 2.20. The van der Waals surface area contributed by atoms with Gasteiger partial charge in [-0.2, -0.15) is 0 Å². The van der Waals surface area contributed by atoms with E-state index in [4.69, 9.17) is 9.47 Å². The lowest BCUT2D eigenvalue weighted by Crippen LogP contribution is -2.44. The maximum Gasteiger partial charge on any atom is 0.319 e. The lowest BCUT2D eigenvalue weighted by Gasteiger charge is -2.21. The standard InChI is InChI=1S/C20H23N3O3.C7H8O.C2H6/c1-21-20(25)23-14-22(2)19(24)18(23)12-15-8-10-17(11-9-15)26-13-16-6-4-3-5-7-16;1-8-7-5-3-2-4-6-7;1-2/h3-11,18H,12-14H2,1-2H3,(H,21,25);2-6H,1H3;1-2H3/t18-;;/m0../s1. The summed E-state index contributed by atoms with van der Waals surface area (Å²) in [4.78, 5) is 27.5. The number of nitrogens with zero attached hydrogens (tertiary/aromatic N) is 2. The van der Waals surface area contributed by atoms with Gasteiger partial charge in [0.25, 0.3) is 0 Å². The highest BCUT2D eigenvalue weighted by atomic mass is 16.5. The SMILES string of the molecule is CC.CNC(=O)N1CN(C)C(=O)[C@@H]1Cc1ccc(OCc2ccccc2)cc1.COc1ccccc1. The zero-order valence-corrected chi connectivity index (χ0v) is 21.8. The quantitative estimate of drug-likeness (QED) is 0.529. The van der Waals surface area contributed by atoms with Crippen molar-refractivity contribution in [3.8, 4) is 11.5 Å². The van der Waals surface area contributed by atoms with Crippen LogP contribution in [0, 0.1) is 0 Å². The van der Waals surface area contributed by atoms with Crippen molar-refractivity contribution in [3.63, 3.8) is 0 Å². The Labute approximate surface area is 214 Å². The van der Waals surface area contributed by atoms with Crippen LogP contribution >= 0.6 is 0 Å². The molecule has 1 N–H and O–H groups in total. The maximum atomic E-state index is 12.3. The number of ether oxygens (including phenoxy) is 2. The number of para-hydroxylation sites is 1. The van der Waals surface area contributed by atoms with E-state index in [1.165, 1.54) is 0 Å². The fourth-order valence-electron chi connectivity index (χ4n) is 3.57. The molecule has 7 nitrogen and oxygen atoms in total. The number of carbonyl (C=O) groups is 2. The van der Waals surface area contributed by atoms with Gasteiger partial charge in [-0.25, -0.2) is 4.79 Å². The van der Waals surface area contributed by atoms with Gasteiger partial charge < -0.3 is 19.7 Å². The number of amides is 3. The van der Waals surface area contributed by atoms with Gasteiger partial charge in [0, 0.05) is 20.5 Å². The zero-order valence-electron chi connectivity index (χ0n) is 21.8. The first kappa shape index (κ1) is 28.2. The minimum absolute atomic E-state index is 0.0435. The lowest BCUT2D eigenvalue weighted by molar-refractivity contribution is -0.128. The van der Waals surface area contributed by atoms with Crippen LogP contribution in [0.15, 0.2) is 84.9 Å². The fraction of sp³-hybridized carbons (Fsp3) is 0.310. The van der Waals surface area contributed by atoms with E-state index in [2.05, 4.69) is 5.32 Å². The largest absolute Gasteiger partial charge is 0.497 e. The molecule has 1 saturated heterocycles. The van der Waals surface area contributed by atoms with Crippen LogP contribution in [0.25, 0.3) is 0 Å². The third kappa shape index (κ3) is 8.34. The number of carbonyl (C=O) groups excluding carboxylic acids is 2. The van der Waals surface area contributed by atoms with E-state index < -0.39 is 6.04 Å². The molecule has 7 heteroatoms. The minimum atomic E-state index is -0.476. The molecule has 1 aliphatic rings. The van der Waals surface area contributed by atoms with Crippen molar-refractivity contribution in [2.75, 3.05) is 27.9 Å². The molecular formula is C29H37N3O4. The van der Waals surface area contributed by atoms with E-state index in [9.17, 15) is 9.59 Å². The Morgan fingerprint density at radius 1 is 0.889 bits per heavy atom. The van der Waals surface area contributed by atoms with E-state index in [-0.39, 0.29) is 11.9 Å². The topological polar surface area (TPSA) is 71.1 Å². The molecule has 0 radical (unpaired) electrons. The van der Waals surface area contributed by atoms with Crippen LogP contribution in [-0.2, 0) is 17.8 Å². The number of benzene rings is 3. The Balaban J connectivity index is 0.000000384. The van der Waals surface area contributed by atoms with Gasteiger partial charge in [-0.15, -0.1) is 0 Å². The Morgan fingerprint density at radius 2 is 1.47 bits per heavy atom. The highest BCUT2D eigenvalue weighted by molar-refractivity contribution is 5.90. The second-order valence-electron chi connectivity index (χ2n) is 7.86. The molecule has 192 valence electrons. The highest BCUT2D eigenvalue weighted by Gasteiger charge is 2.38. The molecule has 1 heterocycles. The molecule has 0 bridgehead atoms. The average Bonchev–Trinajstić information content (AvgIpc) is 3.23. The Kier molecular flexibility index (Phi) is 11.8. The first-order chi connectivity index (χ1) is 17.5. The first-order valence-corrected chi connectivity index (χ1v) is 12.1. The summed E-state index contributed by atoms with van der Waals surface area (Å²) in [6.07, 6.45) is 0.482. The van der Waals surface area contributed by atoms with Crippen molar-refractivity contribution >= 4 is 11.9 Å². The van der Waals surface area contributed by atoms with Crippen molar-refractivity contribution in [3.05, 3.63) is 96.1 Å². The third-order valence-electron chi connectivity index (χ3n) is 5.46. The summed E-state index contributed by atoms with van der Waals surface area (Å²) in [5, 5.41) is 2.59. The van der Waals surface area contributed by atoms with Crippen molar-refractivity contribution in [2.45, 2.75) is 32.9 Å². The van der Waals surface area contributed by atoms with Crippen molar-refractivity contribution < 1.29 is 19.1 Å². The van der Waals surface area contributed by atoms with E-state index >= 15 is 0 Å². The summed E-state index contributed by atoms with van der Waals surface area (Å²) in [7, 11) is 4.94. The summed E-state index contributed by atoms with van der Waals surface area (Å²) >= 11 is 0. The lowest BCUT2D eigenvalue weighted by atomic mass is 10.0. The fourth-order valence-corrected chi connectivity index (χ4v) is 3.57. The average molecular weight is 492 g/mol. The predicted octanol–water partition coefficient (Wildman–Crippen LogP) is 4.97. The van der Waals surface area contributed by atoms with Crippen LogP contribution in [-0.4, -0.2) is 55.7 Å². The Hall–Kier alpha value is -4.00. The minimum Gasteiger partial charge on any atom is -0.497 e. The molecule has 0 unspecified atom stereocenters. The van der Waals surface area contributed by atoms with Gasteiger partial charge in [0.05, 0.1) is 13.8 Å². The summed E-state index contributed by atoms with van der Waals surface area (Å²) < 4.78 is 10.7. The Bertz CT molecular complexity index is 1040. The van der Waals surface area contributed by atoms with Gasteiger partial charge >= 0.3 is 6.03 Å². The molecule has 0 aromatic heterocycles. The second-order valence-corrected chi connectivity index (χ2v) is 7.86. The molecular weight excluding hydrogens is 454 g/mol. The number of nitrogens with one attached hydrogen (secondary N) is 1. The molecule has 3 aromatic carbocycles. The molecule has 0 aliphatic carbocycles. The molecule has 3 aromatic rings. The van der Waals surface area contributed by atoms with E-state index in [0.717, 1.165) is 22.6 Å². The van der Waals surface area contributed by atoms with Crippen LogP contribution in [0.4, 0.5) is 4.79 Å². The monoisotopic (exact) mass is 491 g/mol. The smallest absolute Gasteiger partial charge is 0.319 e. The van der Waals surface area contributed by atoms with Crippen molar-refractivity contribution in [1.82, 2.24) is 15.1 Å². The summed E-state index contributed by atoms with van der Waals surface area (Å²) in [5.41, 5.74) is 2.09. The van der Waals surface area contributed by atoms with Gasteiger partial charge in [0.15, 0.2) is 0 Å². The van der Waals surface area contributed by atoms with Gasteiger partial charge in [-0.1, -0.05) is 74.5 Å². The van der Waals surface area contributed by atoms with Gasteiger partial charge in [0.1, 0.15) is 24.1 Å². The van der Waals surface area contributed by atoms with Crippen LogP contribution < -0.4 is 14.8 Å². The van der Waals surface area contributed by atoms with Crippen LogP contribution in [0.1, 0.15) is 25.0 Å². The summed E-state index contributed by atoms with van der Waals surface area (Å²) in [6.45, 7) is 4.82. The normalized spacial score (nSPS) is 14.1. The second kappa shape index (κ2) is 15.1. The molecule has 0 spiro atoms. The Morgan fingerprint density at radius 3 is 2.00 bits per heavy atom. The van der Waals surface area contributed by atoms with E-state index in [1.807, 2.05) is 98.8 Å². The van der Waals surface area contributed by atoms with Crippen LogP contribution in [0.5, 0.6) is 11.5 Å². The van der Waals surface area contributed by atoms with Gasteiger partial charge in [-0.3, -0.25) is 9.69 Å². The van der Waals surface area contributed by atoms with Gasteiger partial charge in [0.2, 0.25) is 5.91 Å². The van der Waals surface area contributed by atoms with Crippen molar-refractivity contribution in [2.24, 2.45) is 0 Å². The maximum absolute atomic E-state index is 12.3. The molecule has 1 fully saturated rings. The number of rotatable bonds is 6. The molecule has 36 heavy (non-hydrogen) atoms. The number of hydrogen-bond donors (Lipinski definition) is 1. The number of methoxy groups -OCH3 is 1. The summed E-state index contributed by atoms with van der Waals surface area (Å²) in [6, 6.07) is 26.6. The summed E-state index contributed by atoms with van der Waals surface area (Å²) in [5.74, 6) is 1.64. The molecule has 1 aliphatic heterocycles. The molecule has 0 saturated carbocycles. The molecule has 4 rings (SSSR count). The van der Waals surface area contributed by atoms with Crippen LogP contribution in [0.2, 0.25) is 0 Å². The third-order valence-corrected chi connectivity index (χ3v) is 5.46. The number of likely N-dealkylation sites (N-methyl/N-ethyl adjacent to an activating group) is 1. The zero-order chi connectivity index (χ0) is 26.3. The number of urea groups is 1. The molecule has 1 atom stereocenters. The van der Waals surface area contributed by atoms with E-state index in [1.54, 1.807) is 31.0 Å². The first-order valence-electron chi connectivity index (χ1n) is 12.1. The van der Waals surface area contributed by atoms with Gasteiger partial charge in [-0.05, 0) is 35.4 Å². The molecule has 3 amide bonds.